The minimum atomic E-state index is -0.296. The van der Waals surface area contributed by atoms with Crippen LogP contribution in [0.2, 0.25) is 5.02 Å². The first kappa shape index (κ1) is 22.2. The fourth-order valence-electron chi connectivity index (χ4n) is 2.61. The van der Waals surface area contributed by atoms with Gasteiger partial charge in [0.2, 0.25) is 5.91 Å². The van der Waals surface area contributed by atoms with E-state index in [1.165, 1.54) is 6.92 Å². The molecule has 0 atom stereocenters. The molecule has 0 radical (unpaired) electrons. The van der Waals surface area contributed by atoms with Crippen molar-refractivity contribution in [2.75, 3.05) is 25.0 Å². The number of halogens is 1. The van der Waals surface area contributed by atoms with Crippen LogP contribution in [0.5, 0.6) is 5.75 Å². The fraction of sp³-hybridized carbons (Fsp3) is 0.286. The van der Waals surface area contributed by atoms with Crippen LogP contribution in [0.15, 0.2) is 36.4 Å². The first-order valence-corrected chi connectivity index (χ1v) is 9.46. The van der Waals surface area contributed by atoms with E-state index in [2.05, 4.69) is 16.0 Å². The average Bonchev–Trinajstić information content (AvgIpc) is 2.67. The number of benzene rings is 2. The third kappa shape index (κ3) is 7.12. The van der Waals surface area contributed by atoms with Crippen LogP contribution in [0.1, 0.15) is 28.4 Å². The second-order valence-corrected chi connectivity index (χ2v) is 6.91. The summed E-state index contributed by atoms with van der Waals surface area (Å²) in [6.45, 7) is 5.53. The van der Waals surface area contributed by atoms with E-state index >= 15 is 0 Å². The SMILES string of the molecule is CC(=O)Nc1cccc(C(=O)NCCNC(=O)COc2cc(C)c(Cl)c(C)c2)c1. The lowest BCUT2D eigenvalue weighted by Crippen LogP contribution is -2.36. The Kier molecular flexibility index (Phi) is 8.03. The number of rotatable bonds is 8. The molecule has 29 heavy (non-hydrogen) atoms. The summed E-state index contributed by atoms with van der Waals surface area (Å²) in [4.78, 5) is 35.2. The van der Waals surface area contributed by atoms with E-state index in [0.29, 0.717) is 22.0 Å². The molecule has 0 bridgehead atoms. The zero-order valence-corrected chi connectivity index (χ0v) is 17.4. The van der Waals surface area contributed by atoms with E-state index < -0.39 is 0 Å². The van der Waals surface area contributed by atoms with Gasteiger partial charge in [-0.1, -0.05) is 17.7 Å². The molecule has 0 spiro atoms. The minimum Gasteiger partial charge on any atom is -0.484 e. The Morgan fingerprint density at radius 1 is 1.00 bits per heavy atom. The van der Waals surface area contributed by atoms with Gasteiger partial charge in [0.25, 0.3) is 11.8 Å². The lowest BCUT2D eigenvalue weighted by molar-refractivity contribution is -0.123. The highest BCUT2D eigenvalue weighted by molar-refractivity contribution is 6.32. The Bertz CT molecular complexity index is 892. The zero-order chi connectivity index (χ0) is 21.4. The molecule has 0 aliphatic carbocycles. The number of aryl methyl sites for hydroxylation is 2. The molecule has 0 saturated heterocycles. The smallest absolute Gasteiger partial charge is 0.258 e. The first-order chi connectivity index (χ1) is 13.8. The maximum absolute atomic E-state index is 12.2. The minimum absolute atomic E-state index is 0.132. The number of nitrogens with one attached hydrogen (secondary N) is 3. The summed E-state index contributed by atoms with van der Waals surface area (Å²) in [5, 5.41) is 8.69. The van der Waals surface area contributed by atoms with E-state index in [-0.39, 0.29) is 37.4 Å². The predicted octanol–water partition coefficient (Wildman–Crippen LogP) is 2.84. The Hall–Kier alpha value is -3.06. The molecular formula is C21H24ClN3O4. The molecule has 7 nitrogen and oxygen atoms in total. The number of anilines is 1. The highest BCUT2D eigenvalue weighted by atomic mass is 35.5. The lowest BCUT2D eigenvalue weighted by Gasteiger charge is -2.11. The second kappa shape index (κ2) is 10.5. The summed E-state index contributed by atoms with van der Waals surface area (Å²) >= 11 is 6.11. The largest absolute Gasteiger partial charge is 0.484 e. The van der Waals surface area contributed by atoms with Crippen molar-refractivity contribution in [1.82, 2.24) is 10.6 Å². The van der Waals surface area contributed by atoms with Crippen molar-refractivity contribution in [2.24, 2.45) is 0 Å². The Morgan fingerprint density at radius 3 is 2.31 bits per heavy atom. The standard InChI is InChI=1S/C21H24ClN3O4/c1-13-9-18(10-14(2)20(13)22)29-12-19(27)23-7-8-24-21(28)16-5-4-6-17(11-16)25-15(3)26/h4-6,9-11H,7-8,12H2,1-3H3,(H,23,27)(H,24,28)(H,25,26). The van der Waals surface area contributed by atoms with E-state index in [1.54, 1.807) is 36.4 Å². The summed E-state index contributed by atoms with van der Waals surface area (Å²) in [7, 11) is 0. The lowest BCUT2D eigenvalue weighted by atomic mass is 10.1. The van der Waals surface area contributed by atoms with Crippen molar-refractivity contribution in [3.63, 3.8) is 0 Å². The fourth-order valence-corrected chi connectivity index (χ4v) is 2.72. The van der Waals surface area contributed by atoms with Crippen LogP contribution >= 0.6 is 11.6 Å². The summed E-state index contributed by atoms with van der Waals surface area (Å²) in [6.07, 6.45) is 0. The molecule has 0 aliphatic rings. The second-order valence-electron chi connectivity index (χ2n) is 6.53. The quantitative estimate of drug-likeness (QED) is 0.575. The molecule has 0 unspecified atom stereocenters. The normalized spacial score (nSPS) is 10.2. The van der Waals surface area contributed by atoms with Gasteiger partial charge in [0.05, 0.1) is 0 Å². The van der Waals surface area contributed by atoms with Crippen molar-refractivity contribution >= 4 is 35.0 Å². The van der Waals surface area contributed by atoms with Gasteiger partial charge in [0.15, 0.2) is 6.61 Å². The Balaban J connectivity index is 1.72. The predicted molar refractivity (Wildman–Crippen MR) is 113 cm³/mol. The van der Waals surface area contributed by atoms with Crippen molar-refractivity contribution in [2.45, 2.75) is 20.8 Å². The monoisotopic (exact) mass is 417 g/mol. The average molecular weight is 418 g/mol. The zero-order valence-electron chi connectivity index (χ0n) is 16.6. The van der Waals surface area contributed by atoms with Crippen LogP contribution in [-0.4, -0.2) is 37.4 Å². The maximum atomic E-state index is 12.2. The van der Waals surface area contributed by atoms with E-state index in [4.69, 9.17) is 16.3 Å². The highest BCUT2D eigenvalue weighted by Gasteiger charge is 2.08. The molecular weight excluding hydrogens is 394 g/mol. The van der Waals surface area contributed by atoms with Crippen LogP contribution in [0, 0.1) is 13.8 Å². The molecule has 2 rings (SSSR count). The third-order valence-corrected chi connectivity index (χ3v) is 4.55. The number of carbonyl (C=O) groups is 3. The van der Waals surface area contributed by atoms with Crippen LogP contribution in [-0.2, 0) is 9.59 Å². The first-order valence-electron chi connectivity index (χ1n) is 9.08. The summed E-state index contributed by atoms with van der Waals surface area (Å²) in [5.74, 6) is -0.227. The van der Waals surface area contributed by atoms with E-state index in [0.717, 1.165) is 11.1 Å². The van der Waals surface area contributed by atoms with E-state index in [1.807, 2.05) is 13.8 Å². The van der Waals surface area contributed by atoms with Gasteiger partial charge in [0.1, 0.15) is 5.75 Å². The van der Waals surface area contributed by atoms with Gasteiger partial charge < -0.3 is 20.7 Å². The molecule has 0 fully saturated rings. The molecule has 154 valence electrons. The van der Waals surface area contributed by atoms with Crippen LogP contribution in [0.25, 0.3) is 0 Å². The van der Waals surface area contributed by atoms with Gasteiger partial charge in [-0.15, -0.1) is 0 Å². The van der Waals surface area contributed by atoms with Crippen LogP contribution in [0.4, 0.5) is 5.69 Å². The molecule has 3 N–H and O–H groups in total. The van der Waals surface area contributed by atoms with Crippen molar-refractivity contribution in [3.8, 4) is 5.75 Å². The summed E-state index contributed by atoms with van der Waals surface area (Å²) in [5.41, 5.74) is 2.72. The van der Waals surface area contributed by atoms with Crippen LogP contribution < -0.4 is 20.7 Å². The van der Waals surface area contributed by atoms with Crippen molar-refractivity contribution in [1.29, 1.82) is 0 Å². The van der Waals surface area contributed by atoms with Gasteiger partial charge in [-0.3, -0.25) is 14.4 Å². The van der Waals surface area contributed by atoms with Gasteiger partial charge in [-0.25, -0.2) is 0 Å². The van der Waals surface area contributed by atoms with Crippen molar-refractivity contribution in [3.05, 3.63) is 58.1 Å². The van der Waals surface area contributed by atoms with E-state index in [9.17, 15) is 14.4 Å². The van der Waals surface area contributed by atoms with Gasteiger partial charge in [-0.2, -0.15) is 0 Å². The molecule has 0 saturated carbocycles. The molecule has 0 aliphatic heterocycles. The maximum Gasteiger partial charge on any atom is 0.258 e. The molecule has 2 aromatic rings. The van der Waals surface area contributed by atoms with Gasteiger partial charge in [0, 0.05) is 36.3 Å². The van der Waals surface area contributed by atoms with Gasteiger partial charge >= 0.3 is 0 Å². The third-order valence-electron chi connectivity index (χ3n) is 3.96. The van der Waals surface area contributed by atoms with Crippen LogP contribution in [0.3, 0.4) is 0 Å². The number of carbonyl (C=O) groups excluding carboxylic acids is 3. The van der Waals surface area contributed by atoms with Gasteiger partial charge in [-0.05, 0) is 55.3 Å². The summed E-state index contributed by atoms with van der Waals surface area (Å²) in [6, 6.07) is 10.2. The number of hydrogen-bond acceptors (Lipinski definition) is 4. The number of amides is 3. The summed E-state index contributed by atoms with van der Waals surface area (Å²) < 4.78 is 5.48. The molecule has 0 aromatic heterocycles. The Morgan fingerprint density at radius 2 is 1.66 bits per heavy atom. The number of ether oxygens (including phenoxy) is 1. The topological polar surface area (TPSA) is 96.5 Å². The van der Waals surface area contributed by atoms with Crippen molar-refractivity contribution < 1.29 is 19.1 Å². The number of hydrogen-bond donors (Lipinski definition) is 3. The molecule has 2 aromatic carbocycles. The molecule has 8 heteroatoms. The highest BCUT2D eigenvalue weighted by Crippen LogP contribution is 2.25. The Labute approximate surface area is 174 Å². The molecule has 3 amide bonds. The molecule has 0 heterocycles.